The Kier molecular flexibility index (Phi) is 8.19. The first-order chi connectivity index (χ1) is 13.7. The summed E-state index contributed by atoms with van der Waals surface area (Å²) >= 11 is 0. The number of hydrogen-bond donors (Lipinski definition) is 1. The van der Waals surface area contributed by atoms with Gasteiger partial charge < -0.3 is 9.63 Å². The van der Waals surface area contributed by atoms with Crippen LogP contribution in [0.4, 0.5) is 13.2 Å². The first kappa shape index (κ1) is 22.9. The summed E-state index contributed by atoms with van der Waals surface area (Å²) in [5, 5.41) is 11.4. The van der Waals surface area contributed by atoms with Gasteiger partial charge in [-0.1, -0.05) is 31.5 Å². The van der Waals surface area contributed by atoms with Crippen molar-refractivity contribution < 1.29 is 27.6 Å². The van der Waals surface area contributed by atoms with Crippen molar-refractivity contribution in [2.75, 3.05) is 6.54 Å². The second kappa shape index (κ2) is 10.4. The van der Waals surface area contributed by atoms with Gasteiger partial charge in [-0.05, 0) is 37.4 Å². The van der Waals surface area contributed by atoms with Crippen molar-refractivity contribution in [1.29, 1.82) is 0 Å². The monoisotopic (exact) mass is 413 g/mol. The molecule has 1 N–H and O–H groups in total. The van der Waals surface area contributed by atoms with E-state index in [1.165, 1.54) is 25.0 Å². The Bertz CT molecular complexity index is 763. The molecule has 1 saturated heterocycles. The molecule has 6 nitrogen and oxygen atoms in total. The number of halogens is 3. The van der Waals surface area contributed by atoms with Crippen LogP contribution in [0.5, 0.6) is 0 Å². The molecule has 0 radical (unpaired) electrons. The normalized spacial score (nSPS) is 17.7. The van der Waals surface area contributed by atoms with Crippen LogP contribution in [0.25, 0.3) is 0 Å². The van der Waals surface area contributed by atoms with Crippen LogP contribution >= 0.6 is 0 Å². The molecule has 29 heavy (non-hydrogen) atoms. The summed E-state index contributed by atoms with van der Waals surface area (Å²) in [7, 11) is 0. The fourth-order valence-electron chi connectivity index (χ4n) is 3.23. The third-order valence-corrected chi connectivity index (χ3v) is 4.47. The first-order valence-corrected chi connectivity index (χ1v) is 9.56. The van der Waals surface area contributed by atoms with Crippen molar-refractivity contribution >= 4 is 5.97 Å². The predicted molar refractivity (Wildman–Crippen MR) is 100.0 cm³/mol. The number of aliphatic carboxylic acids is 1. The number of piperidine rings is 1. The summed E-state index contributed by atoms with van der Waals surface area (Å²) < 4.78 is 37.2. The number of rotatable bonds is 5. The van der Waals surface area contributed by atoms with Crippen LogP contribution in [0, 0.1) is 5.92 Å². The van der Waals surface area contributed by atoms with E-state index < -0.39 is 12.1 Å². The Morgan fingerprint density at radius 2 is 2.07 bits per heavy atom. The van der Waals surface area contributed by atoms with Crippen LogP contribution in [0.1, 0.15) is 56.3 Å². The maximum absolute atomic E-state index is 10.6. The number of aromatic nitrogens is 2. The van der Waals surface area contributed by atoms with Gasteiger partial charge in [0.05, 0.1) is 17.4 Å². The maximum atomic E-state index is 10.6. The SMILES string of the molecule is CC(C)Cc1cc(CN2CCCCC2c2ccccn2)no1.O=C(O)C(F)(F)F. The molecule has 0 aromatic carbocycles. The van der Waals surface area contributed by atoms with Gasteiger partial charge in [0.15, 0.2) is 0 Å². The van der Waals surface area contributed by atoms with Crippen LogP contribution < -0.4 is 0 Å². The van der Waals surface area contributed by atoms with Gasteiger partial charge in [-0.2, -0.15) is 13.2 Å². The average molecular weight is 413 g/mol. The van der Waals surface area contributed by atoms with Crippen LogP contribution in [-0.2, 0) is 17.8 Å². The number of carboxylic acid groups (broad SMARTS) is 1. The third-order valence-electron chi connectivity index (χ3n) is 4.47. The molecular weight excluding hydrogens is 387 g/mol. The molecule has 0 saturated carbocycles. The van der Waals surface area contributed by atoms with Crippen LogP contribution in [0.15, 0.2) is 35.0 Å². The van der Waals surface area contributed by atoms with Gasteiger partial charge in [0.2, 0.25) is 0 Å². The highest BCUT2D eigenvalue weighted by atomic mass is 19.4. The van der Waals surface area contributed by atoms with Crippen molar-refractivity contribution in [2.45, 2.75) is 58.3 Å². The number of hydrogen-bond acceptors (Lipinski definition) is 5. The van der Waals surface area contributed by atoms with E-state index in [4.69, 9.17) is 14.4 Å². The first-order valence-electron chi connectivity index (χ1n) is 9.56. The minimum Gasteiger partial charge on any atom is -0.475 e. The van der Waals surface area contributed by atoms with E-state index in [0.29, 0.717) is 12.0 Å². The van der Waals surface area contributed by atoms with Gasteiger partial charge in [0, 0.05) is 25.2 Å². The van der Waals surface area contributed by atoms with Crippen LogP contribution in [0.2, 0.25) is 0 Å². The summed E-state index contributed by atoms with van der Waals surface area (Å²) in [4.78, 5) is 15.9. The van der Waals surface area contributed by atoms with Crippen molar-refractivity contribution in [1.82, 2.24) is 15.0 Å². The van der Waals surface area contributed by atoms with Crippen LogP contribution in [0.3, 0.4) is 0 Å². The number of pyridine rings is 1. The number of likely N-dealkylation sites (tertiary alicyclic amines) is 1. The number of alkyl halides is 3. The smallest absolute Gasteiger partial charge is 0.475 e. The molecule has 0 amide bonds. The molecule has 3 heterocycles. The third kappa shape index (κ3) is 7.49. The molecule has 0 aliphatic carbocycles. The summed E-state index contributed by atoms with van der Waals surface area (Å²) in [6.45, 7) is 6.35. The van der Waals surface area contributed by atoms with Gasteiger partial charge in [-0.15, -0.1) is 0 Å². The highest BCUT2D eigenvalue weighted by Gasteiger charge is 2.38. The zero-order valence-electron chi connectivity index (χ0n) is 16.5. The topological polar surface area (TPSA) is 79.5 Å². The molecule has 2 aromatic heterocycles. The molecule has 2 aromatic rings. The predicted octanol–water partition coefficient (Wildman–Crippen LogP) is 4.63. The molecule has 3 rings (SSSR count). The zero-order chi connectivity index (χ0) is 21.4. The molecule has 160 valence electrons. The fraction of sp³-hybridized carbons (Fsp3) is 0.550. The fourth-order valence-corrected chi connectivity index (χ4v) is 3.23. The molecule has 1 unspecified atom stereocenters. The van der Waals surface area contributed by atoms with Gasteiger partial charge in [0.1, 0.15) is 5.76 Å². The average Bonchev–Trinajstić information content (AvgIpc) is 3.09. The molecule has 0 spiro atoms. The van der Waals surface area contributed by atoms with E-state index in [-0.39, 0.29) is 0 Å². The minimum atomic E-state index is -5.08. The molecular formula is C20H26F3N3O3. The van der Waals surface area contributed by atoms with E-state index >= 15 is 0 Å². The van der Waals surface area contributed by atoms with Crippen molar-refractivity contribution in [2.24, 2.45) is 5.92 Å². The molecule has 9 heteroatoms. The molecule has 0 bridgehead atoms. The lowest BCUT2D eigenvalue weighted by Gasteiger charge is -2.34. The van der Waals surface area contributed by atoms with Gasteiger partial charge in [0.25, 0.3) is 0 Å². The summed E-state index contributed by atoms with van der Waals surface area (Å²) in [5.74, 6) is -1.17. The molecule has 1 aliphatic heterocycles. The Hall–Kier alpha value is -2.42. The highest BCUT2D eigenvalue weighted by molar-refractivity contribution is 5.73. The van der Waals surface area contributed by atoms with Gasteiger partial charge >= 0.3 is 12.1 Å². The molecule has 1 atom stereocenters. The maximum Gasteiger partial charge on any atom is 0.490 e. The van der Waals surface area contributed by atoms with E-state index in [1.807, 2.05) is 12.3 Å². The standard InChI is InChI=1S/C18H25N3O.C2HF3O2/c1-14(2)11-16-12-15(20-22-16)13-21-10-6-4-8-18(21)17-7-3-5-9-19-17;3-2(4,5)1(6)7/h3,5,7,9,12,14,18H,4,6,8,10-11,13H2,1-2H3;(H,6,7). The quantitative estimate of drug-likeness (QED) is 0.770. The minimum absolute atomic E-state index is 0.403. The highest BCUT2D eigenvalue weighted by Crippen LogP contribution is 2.30. The zero-order valence-corrected chi connectivity index (χ0v) is 16.5. The summed E-state index contributed by atoms with van der Waals surface area (Å²) in [6, 6.07) is 8.71. The van der Waals surface area contributed by atoms with Crippen molar-refractivity contribution in [3.63, 3.8) is 0 Å². The van der Waals surface area contributed by atoms with E-state index in [9.17, 15) is 13.2 Å². The Balaban J connectivity index is 0.000000370. The number of carbonyl (C=O) groups is 1. The van der Waals surface area contributed by atoms with Gasteiger partial charge in [-0.25, -0.2) is 4.79 Å². The Morgan fingerprint density at radius 1 is 1.34 bits per heavy atom. The second-order valence-electron chi connectivity index (χ2n) is 7.42. The number of nitrogens with zero attached hydrogens (tertiary/aromatic N) is 3. The van der Waals surface area contributed by atoms with Crippen molar-refractivity contribution in [3.05, 3.63) is 47.6 Å². The van der Waals surface area contributed by atoms with E-state index in [0.717, 1.165) is 31.0 Å². The summed E-state index contributed by atoms with van der Waals surface area (Å²) in [5.41, 5.74) is 2.21. The largest absolute Gasteiger partial charge is 0.490 e. The Morgan fingerprint density at radius 3 is 2.66 bits per heavy atom. The second-order valence-corrected chi connectivity index (χ2v) is 7.42. The lowest BCUT2D eigenvalue weighted by molar-refractivity contribution is -0.192. The Labute approximate surface area is 167 Å². The van der Waals surface area contributed by atoms with E-state index in [2.05, 4.69) is 47.1 Å². The summed E-state index contributed by atoms with van der Waals surface area (Å²) in [6.07, 6.45) is 1.46. The number of carboxylic acids is 1. The lowest BCUT2D eigenvalue weighted by Crippen LogP contribution is -2.33. The molecule has 1 fully saturated rings. The van der Waals surface area contributed by atoms with Crippen molar-refractivity contribution in [3.8, 4) is 0 Å². The lowest BCUT2D eigenvalue weighted by atomic mass is 9.98. The van der Waals surface area contributed by atoms with Gasteiger partial charge in [-0.3, -0.25) is 9.88 Å². The van der Waals surface area contributed by atoms with E-state index in [1.54, 1.807) is 0 Å². The molecule has 1 aliphatic rings. The van der Waals surface area contributed by atoms with Crippen LogP contribution in [-0.4, -0.2) is 38.8 Å².